The van der Waals surface area contributed by atoms with Gasteiger partial charge in [0.05, 0.1) is 6.54 Å². The Hall–Kier alpha value is -1.00. The van der Waals surface area contributed by atoms with E-state index in [-0.39, 0.29) is 23.4 Å². The maximum atomic E-state index is 11.2. The summed E-state index contributed by atoms with van der Waals surface area (Å²) in [7, 11) is 0. The monoisotopic (exact) mass is 289 g/mol. The van der Waals surface area contributed by atoms with Crippen LogP contribution in [-0.2, 0) is 12.0 Å². The molecule has 1 aromatic heterocycles. The number of aromatic carboxylic acids is 1. The summed E-state index contributed by atoms with van der Waals surface area (Å²) in [6, 6.07) is 1.65. The van der Waals surface area contributed by atoms with Crippen LogP contribution >= 0.6 is 12.4 Å². The van der Waals surface area contributed by atoms with Gasteiger partial charge in [0.25, 0.3) is 0 Å². The average Bonchev–Trinajstić information content (AvgIpc) is 2.69. The summed E-state index contributed by atoms with van der Waals surface area (Å²) < 4.78 is 5.75. The first kappa shape index (κ1) is 18.0. The van der Waals surface area contributed by atoms with Crippen LogP contribution in [0.2, 0.25) is 0 Å². The van der Waals surface area contributed by atoms with Crippen molar-refractivity contribution in [3.8, 4) is 0 Å². The molecule has 1 aromatic rings. The highest BCUT2D eigenvalue weighted by Gasteiger charge is 2.25. The molecule has 0 radical (unpaired) electrons. The second-order valence-electron chi connectivity index (χ2n) is 5.46. The van der Waals surface area contributed by atoms with E-state index in [0.717, 1.165) is 18.8 Å². The van der Waals surface area contributed by atoms with Crippen molar-refractivity contribution in [3.63, 3.8) is 0 Å². The third kappa shape index (κ3) is 4.55. The van der Waals surface area contributed by atoms with Gasteiger partial charge in [-0.3, -0.25) is 4.90 Å². The van der Waals surface area contributed by atoms with Gasteiger partial charge in [0.1, 0.15) is 17.1 Å². The first-order valence-electron chi connectivity index (χ1n) is 6.38. The predicted octanol–water partition coefficient (Wildman–Crippen LogP) is 3.54. The van der Waals surface area contributed by atoms with Crippen LogP contribution in [0, 0.1) is 0 Å². The zero-order valence-corrected chi connectivity index (χ0v) is 13.1. The minimum absolute atomic E-state index is 0. The van der Waals surface area contributed by atoms with Gasteiger partial charge >= 0.3 is 5.97 Å². The highest BCUT2D eigenvalue weighted by atomic mass is 35.5. The first-order chi connectivity index (χ1) is 8.29. The van der Waals surface area contributed by atoms with Crippen LogP contribution in [0.5, 0.6) is 0 Å². The van der Waals surface area contributed by atoms with E-state index in [1.807, 2.05) is 20.8 Å². The average molecular weight is 290 g/mol. The summed E-state index contributed by atoms with van der Waals surface area (Å²) in [5.74, 6) is 0.356. The lowest BCUT2D eigenvalue weighted by molar-refractivity contribution is 0.0692. The molecule has 0 aliphatic heterocycles. The number of hydrogen-bond acceptors (Lipinski definition) is 3. The third-order valence-electron chi connectivity index (χ3n) is 3.04. The minimum Gasteiger partial charge on any atom is -0.478 e. The third-order valence-corrected chi connectivity index (χ3v) is 3.04. The van der Waals surface area contributed by atoms with Crippen LogP contribution in [0.3, 0.4) is 0 Å². The lowest BCUT2D eigenvalue weighted by atomic mass is 9.93. The van der Waals surface area contributed by atoms with E-state index >= 15 is 0 Å². The van der Waals surface area contributed by atoms with Crippen LogP contribution < -0.4 is 0 Å². The molecule has 0 aromatic carbocycles. The maximum absolute atomic E-state index is 11.2. The smallest absolute Gasteiger partial charge is 0.339 e. The Bertz CT molecular complexity index is 417. The number of carbonyl (C=O) groups is 1. The minimum atomic E-state index is -0.920. The summed E-state index contributed by atoms with van der Waals surface area (Å²) in [5.41, 5.74) is 0.109. The molecular formula is C14H24ClNO3. The SMILES string of the molecule is CCN(CC)Cc1oc(C(C)(C)C)cc1C(=O)O.Cl. The Morgan fingerprint density at radius 3 is 2.21 bits per heavy atom. The normalized spacial score (nSPS) is 11.5. The lowest BCUT2D eigenvalue weighted by Gasteiger charge is -2.17. The van der Waals surface area contributed by atoms with E-state index in [1.165, 1.54) is 0 Å². The van der Waals surface area contributed by atoms with Gasteiger partial charge in [0, 0.05) is 5.41 Å². The fourth-order valence-corrected chi connectivity index (χ4v) is 1.75. The molecule has 1 rings (SSSR count). The molecule has 1 N–H and O–H groups in total. The quantitative estimate of drug-likeness (QED) is 0.901. The van der Waals surface area contributed by atoms with Gasteiger partial charge in [0.2, 0.25) is 0 Å². The highest BCUT2D eigenvalue weighted by molar-refractivity contribution is 5.89. The van der Waals surface area contributed by atoms with E-state index < -0.39 is 5.97 Å². The van der Waals surface area contributed by atoms with Crippen molar-refractivity contribution < 1.29 is 14.3 Å². The number of furan rings is 1. The molecule has 19 heavy (non-hydrogen) atoms. The van der Waals surface area contributed by atoms with Gasteiger partial charge in [-0.2, -0.15) is 0 Å². The van der Waals surface area contributed by atoms with Crippen molar-refractivity contribution in [1.82, 2.24) is 4.90 Å². The summed E-state index contributed by atoms with van der Waals surface area (Å²) in [5, 5.41) is 9.22. The number of rotatable bonds is 5. The Morgan fingerprint density at radius 2 is 1.84 bits per heavy atom. The summed E-state index contributed by atoms with van der Waals surface area (Å²) in [6.07, 6.45) is 0. The second kappa shape index (κ2) is 6.96. The van der Waals surface area contributed by atoms with E-state index in [1.54, 1.807) is 6.07 Å². The van der Waals surface area contributed by atoms with Gasteiger partial charge < -0.3 is 9.52 Å². The summed E-state index contributed by atoms with van der Waals surface area (Å²) in [6.45, 7) is 12.4. The molecule has 0 aliphatic carbocycles. The molecule has 0 saturated carbocycles. The Kier molecular flexibility index (Phi) is 6.60. The number of nitrogens with zero attached hydrogens (tertiary/aromatic N) is 1. The van der Waals surface area contributed by atoms with Crippen molar-refractivity contribution in [1.29, 1.82) is 0 Å². The molecule has 0 atom stereocenters. The highest BCUT2D eigenvalue weighted by Crippen LogP contribution is 2.28. The maximum Gasteiger partial charge on any atom is 0.339 e. The first-order valence-corrected chi connectivity index (χ1v) is 6.38. The largest absolute Gasteiger partial charge is 0.478 e. The van der Waals surface area contributed by atoms with Gasteiger partial charge in [-0.25, -0.2) is 4.79 Å². The van der Waals surface area contributed by atoms with Gasteiger partial charge in [-0.1, -0.05) is 34.6 Å². The summed E-state index contributed by atoms with van der Waals surface area (Å²) in [4.78, 5) is 13.4. The van der Waals surface area contributed by atoms with Crippen molar-refractivity contribution in [2.24, 2.45) is 0 Å². The molecule has 1 heterocycles. The molecule has 0 unspecified atom stereocenters. The zero-order chi connectivity index (χ0) is 13.9. The molecular weight excluding hydrogens is 266 g/mol. The topological polar surface area (TPSA) is 53.7 Å². The molecule has 0 amide bonds. The molecule has 0 spiro atoms. The molecule has 0 saturated heterocycles. The van der Waals surface area contributed by atoms with Crippen molar-refractivity contribution in [3.05, 3.63) is 23.2 Å². The lowest BCUT2D eigenvalue weighted by Crippen LogP contribution is -2.22. The van der Waals surface area contributed by atoms with Gasteiger partial charge in [-0.15, -0.1) is 12.4 Å². The van der Waals surface area contributed by atoms with Crippen molar-refractivity contribution in [2.75, 3.05) is 13.1 Å². The number of carboxylic acids is 1. The molecule has 110 valence electrons. The molecule has 0 aliphatic rings. The standard InChI is InChI=1S/C14H23NO3.ClH/c1-6-15(7-2)9-11-10(13(16)17)8-12(18-11)14(3,4)5;/h8H,6-7,9H2,1-5H3,(H,16,17);1H. The Balaban J connectivity index is 0.00000324. The van der Waals surface area contributed by atoms with Crippen LogP contribution in [0.15, 0.2) is 10.5 Å². The Labute approximate surface area is 121 Å². The Morgan fingerprint density at radius 1 is 1.32 bits per heavy atom. The van der Waals surface area contributed by atoms with Crippen LogP contribution in [0.4, 0.5) is 0 Å². The van der Waals surface area contributed by atoms with E-state index in [4.69, 9.17) is 4.42 Å². The molecule has 0 fully saturated rings. The fourth-order valence-electron chi connectivity index (χ4n) is 1.75. The number of hydrogen-bond donors (Lipinski definition) is 1. The molecule has 5 heteroatoms. The summed E-state index contributed by atoms with van der Waals surface area (Å²) >= 11 is 0. The van der Waals surface area contributed by atoms with Crippen molar-refractivity contribution >= 4 is 18.4 Å². The molecule has 0 bridgehead atoms. The number of carboxylic acid groups (broad SMARTS) is 1. The zero-order valence-electron chi connectivity index (χ0n) is 12.3. The van der Waals surface area contributed by atoms with E-state index in [2.05, 4.69) is 18.7 Å². The van der Waals surface area contributed by atoms with Gasteiger partial charge in [-0.05, 0) is 19.2 Å². The fraction of sp³-hybridized carbons (Fsp3) is 0.643. The van der Waals surface area contributed by atoms with E-state index in [0.29, 0.717) is 12.3 Å². The second-order valence-corrected chi connectivity index (χ2v) is 5.46. The van der Waals surface area contributed by atoms with E-state index in [9.17, 15) is 9.90 Å². The van der Waals surface area contributed by atoms with Crippen LogP contribution in [0.25, 0.3) is 0 Å². The molecule has 4 nitrogen and oxygen atoms in total. The number of halogens is 1. The van der Waals surface area contributed by atoms with Crippen molar-refractivity contribution in [2.45, 2.75) is 46.6 Å². The van der Waals surface area contributed by atoms with Crippen LogP contribution in [-0.4, -0.2) is 29.1 Å². The van der Waals surface area contributed by atoms with Gasteiger partial charge in [0.15, 0.2) is 0 Å². The predicted molar refractivity (Wildman–Crippen MR) is 78.2 cm³/mol. The van der Waals surface area contributed by atoms with Crippen LogP contribution in [0.1, 0.15) is 56.5 Å².